The third-order valence-electron chi connectivity index (χ3n) is 5.46. The summed E-state index contributed by atoms with van der Waals surface area (Å²) in [5, 5.41) is 5.53. The fourth-order valence-electron chi connectivity index (χ4n) is 3.77. The Kier molecular flexibility index (Phi) is 8.25. The molecule has 0 aliphatic carbocycles. The molecule has 0 radical (unpaired) electrons. The molecule has 0 aromatic heterocycles. The molecule has 1 saturated heterocycles. The predicted octanol–water partition coefficient (Wildman–Crippen LogP) is 2.36. The highest BCUT2D eigenvalue weighted by molar-refractivity contribution is 5.91. The number of benzene rings is 2. The van der Waals surface area contributed by atoms with Crippen molar-refractivity contribution in [1.82, 2.24) is 15.5 Å². The van der Waals surface area contributed by atoms with Crippen molar-refractivity contribution in [3.8, 4) is 0 Å². The molecule has 0 saturated carbocycles. The van der Waals surface area contributed by atoms with Gasteiger partial charge in [-0.3, -0.25) is 14.4 Å². The van der Waals surface area contributed by atoms with Crippen LogP contribution in [0, 0.1) is 5.92 Å². The van der Waals surface area contributed by atoms with Crippen LogP contribution in [0.5, 0.6) is 0 Å². The van der Waals surface area contributed by atoms with Crippen LogP contribution in [0.3, 0.4) is 0 Å². The van der Waals surface area contributed by atoms with Crippen LogP contribution in [0.1, 0.15) is 31.9 Å². The Morgan fingerprint density at radius 1 is 0.875 bits per heavy atom. The number of piperazine rings is 1. The van der Waals surface area contributed by atoms with Gasteiger partial charge in [0.25, 0.3) is 0 Å². The van der Waals surface area contributed by atoms with E-state index in [1.165, 1.54) is 0 Å². The normalized spacial score (nSPS) is 14.7. The molecule has 2 aromatic carbocycles. The molecule has 3 amide bonds. The van der Waals surface area contributed by atoms with Crippen LogP contribution in [0.15, 0.2) is 60.7 Å². The molecule has 7 nitrogen and oxygen atoms in total. The third-order valence-corrected chi connectivity index (χ3v) is 5.46. The van der Waals surface area contributed by atoms with Crippen molar-refractivity contribution in [2.45, 2.75) is 26.3 Å². The molecule has 0 spiro atoms. The number of anilines is 1. The number of rotatable bonds is 8. The number of nitrogens with zero attached hydrogens (tertiary/aromatic N) is 2. The highest BCUT2D eigenvalue weighted by Crippen LogP contribution is 2.16. The van der Waals surface area contributed by atoms with Crippen LogP contribution in [0.4, 0.5) is 5.69 Å². The van der Waals surface area contributed by atoms with E-state index >= 15 is 0 Å². The summed E-state index contributed by atoms with van der Waals surface area (Å²) in [6, 6.07) is 18.4. The molecule has 2 N–H and O–H groups in total. The topological polar surface area (TPSA) is 81.8 Å². The zero-order valence-electron chi connectivity index (χ0n) is 18.8. The lowest BCUT2D eigenvalue weighted by molar-refractivity contribution is -0.134. The molecule has 1 unspecified atom stereocenters. The number of amides is 3. The fraction of sp³-hybridized carbons (Fsp3) is 0.400. The molecule has 1 aliphatic heterocycles. The molecule has 1 atom stereocenters. The van der Waals surface area contributed by atoms with Crippen molar-refractivity contribution < 1.29 is 14.4 Å². The molecule has 1 fully saturated rings. The molecule has 1 heterocycles. The minimum absolute atomic E-state index is 0.0897. The summed E-state index contributed by atoms with van der Waals surface area (Å²) in [5.74, 6) is -0.506. The lowest BCUT2D eigenvalue weighted by Crippen LogP contribution is -2.52. The molecular weight excluding hydrogens is 404 g/mol. The maximum absolute atomic E-state index is 12.9. The van der Waals surface area contributed by atoms with E-state index in [9.17, 15) is 14.4 Å². The summed E-state index contributed by atoms with van der Waals surface area (Å²) in [4.78, 5) is 41.9. The minimum atomic E-state index is -0.829. The van der Waals surface area contributed by atoms with Gasteiger partial charge in [0.2, 0.25) is 17.7 Å². The quantitative estimate of drug-likeness (QED) is 0.666. The molecule has 3 rings (SSSR count). The average Bonchev–Trinajstić information content (AvgIpc) is 2.81. The molecule has 1 aliphatic rings. The highest BCUT2D eigenvalue weighted by atomic mass is 16.2. The van der Waals surface area contributed by atoms with E-state index in [0.29, 0.717) is 25.1 Å². The SMILES string of the molecule is CC(C)CC(=O)NC(C(=O)NCC(=O)N1CCN(c2ccccc2)CC1)c1ccccc1. The number of para-hydroxylation sites is 1. The minimum Gasteiger partial charge on any atom is -0.368 e. The molecular formula is C25H32N4O3. The van der Waals surface area contributed by atoms with Crippen molar-refractivity contribution in [3.05, 3.63) is 66.2 Å². The third kappa shape index (κ3) is 6.57. The van der Waals surface area contributed by atoms with Gasteiger partial charge in [-0.2, -0.15) is 0 Å². The second-order valence-electron chi connectivity index (χ2n) is 8.43. The molecule has 170 valence electrons. The van der Waals surface area contributed by atoms with E-state index in [1.807, 2.05) is 50.2 Å². The van der Waals surface area contributed by atoms with Gasteiger partial charge in [-0.05, 0) is 23.6 Å². The van der Waals surface area contributed by atoms with Crippen molar-refractivity contribution in [1.29, 1.82) is 0 Å². The van der Waals surface area contributed by atoms with E-state index in [-0.39, 0.29) is 30.2 Å². The van der Waals surface area contributed by atoms with Crippen molar-refractivity contribution in [2.75, 3.05) is 37.6 Å². The van der Waals surface area contributed by atoms with Crippen LogP contribution >= 0.6 is 0 Å². The van der Waals surface area contributed by atoms with Crippen molar-refractivity contribution >= 4 is 23.4 Å². The van der Waals surface area contributed by atoms with Gasteiger partial charge in [0.1, 0.15) is 6.04 Å². The molecule has 7 heteroatoms. The van der Waals surface area contributed by atoms with Crippen molar-refractivity contribution in [2.24, 2.45) is 5.92 Å². The number of carbonyl (C=O) groups excluding carboxylic acids is 3. The Hall–Kier alpha value is -3.35. The molecule has 0 bridgehead atoms. The van der Waals surface area contributed by atoms with E-state index in [0.717, 1.165) is 18.8 Å². The average molecular weight is 437 g/mol. The Bertz CT molecular complexity index is 894. The van der Waals surface area contributed by atoms with Crippen molar-refractivity contribution in [3.63, 3.8) is 0 Å². The second-order valence-corrected chi connectivity index (χ2v) is 8.43. The summed E-state index contributed by atoms with van der Waals surface area (Å²) < 4.78 is 0. The Labute approximate surface area is 189 Å². The zero-order chi connectivity index (χ0) is 22.9. The second kappa shape index (κ2) is 11.3. The number of nitrogens with one attached hydrogen (secondary N) is 2. The first kappa shape index (κ1) is 23.3. The van der Waals surface area contributed by atoms with Gasteiger partial charge in [0, 0.05) is 38.3 Å². The molecule has 32 heavy (non-hydrogen) atoms. The van der Waals surface area contributed by atoms with Crippen LogP contribution in [-0.2, 0) is 14.4 Å². The maximum atomic E-state index is 12.9. The summed E-state index contributed by atoms with van der Waals surface area (Å²) in [6.45, 7) is 6.53. The summed E-state index contributed by atoms with van der Waals surface area (Å²) in [7, 11) is 0. The Morgan fingerprint density at radius 2 is 1.47 bits per heavy atom. The van der Waals surface area contributed by atoms with Gasteiger partial charge in [-0.25, -0.2) is 0 Å². The van der Waals surface area contributed by atoms with E-state index in [2.05, 4.69) is 27.7 Å². The van der Waals surface area contributed by atoms with Gasteiger partial charge in [-0.1, -0.05) is 62.4 Å². The van der Waals surface area contributed by atoms with E-state index in [1.54, 1.807) is 17.0 Å². The maximum Gasteiger partial charge on any atom is 0.247 e. The summed E-state index contributed by atoms with van der Waals surface area (Å²) >= 11 is 0. The number of carbonyl (C=O) groups is 3. The van der Waals surface area contributed by atoms with Gasteiger partial charge >= 0.3 is 0 Å². The Balaban J connectivity index is 1.54. The first-order valence-electron chi connectivity index (χ1n) is 11.1. The van der Waals surface area contributed by atoms with Crippen LogP contribution in [0.2, 0.25) is 0 Å². The smallest absolute Gasteiger partial charge is 0.247 e. The van der Waals surface area contributed by atoms with Crippen LogP contribution in [-0.4, -0.2) is 55.3 Å². The molecule has 2 aromatic rings. The van der Waals surface area contributed by atoms with Gasteiger partial charge in [-0.15, -0.1) is 0 Å². The van der Waals surface area contributed by atoms with E-state index in [4.69, 9.17) is 0 Å². The van der Waals surface area contributed by atoms with Crippen LogP contribution in [0.25, 0.3) is 0 Å². The predicted molar refractivity (Wildman–Crippen MR) is 125 cm³/mol. The first-order chi connectivity index (χ1) is 15.4. The monoisotopic (exact) mass is 436 g/mol. The largest absolute Gasteiger partial charge is 0.368 e. The van der Waals surface area contributed by atoms with E-state index < -0.39 is 6.04 Å². The van der Waals surface area contributed by atoms with Crippen LogP contribution < -0.4 is 15.5 Å². The summed E-state index contributed by atoms with van der Waals surface area (Å²) in [5.41, 5.74) is 1.83. The van der Waals surface area contributed by atoms with Gasteiger partial charge in [0.15, 0.2) is 0 Å². The van der Waals surface area contributed by atoms with Gasteiger partial charge < -0.3 is 20.4 Å². The summed E-state index contributed by atoms with van der Waals surface area (Å²) in [6.07, 6.45) is 0.335. The fourth-order valence-corrected chi connectivity index (χ4v) is 3.77. The first-order valence-corrected chi connectivity index (χ1v) is 11.1. The number of hydrogen-bond donors (Lipinski definition) is 2. The lowest BCUT2D eigenvalue weighted by atomic mass is 10.0. The Morgan fingerprint density at radius 3 is 2.06 bits per heavy atom. The lowest BCUT2D eigenvalue weighted by Gasteiger charge is -2.36. The van der Waals surface area contributed by atoms with Gasteiger partial charge in [0.05, 0.1) is 6.54 Å². The standard InChI is InChI=1S/C25H32N4O3/c1-19(2)17-22(30)27-24(20-9-5-3-6-10-20)25(32)26-18-23(31)29-15-13-28(14-16-29)21-11-7-4-8-12-21/h3-12,19,24H,13-18H2,1-2H3,(H,26,32)(H,27,30). The zero-order valence-corrected chi connectivity index (χ0v) is 18.8. The number of hydrogen-bond acceptors (Lipinski definition) is 4. The highest BCUT2D eigenvalue weighted by Gasteiger charge is 2.25.